The minimum atomic E-state index is 0.926. The molecule has 0 heteroatoms. The third-order valence-electron chi connectivity index (χ3n) is 7.00. The van der Waals surface area contributed by atoms with E-state index in [9.17, 15) is 0 Å². The summed E-state index contributed by atoms with van der Waals surface area (Å²) in [6.45, 7) is 2.23. The first-order valence-corrected chi connectivity index (χ1v) is 11.8. The van der Waals surface area contributed by atoms with Crippen molar-refractivity contribution in [3.05, 3.63) is 121 Å². The smallest absolute Gasteiger partial charge is 0.0330 e. The molecule has 156 valence electrons. The maximum absolute atomic E-state index is 3.55. The molecular weight excluding hydrogens is 408 g/mol. The van der Waals surface area contributed by atoms with Gasteiger partial charge in [-0.15, -0.1) is 0 Å². The van der Waals surface area contributed by atoms with E-state index in [0.29, 0.717) is 0 Å². The van der Waals surface area contributed by atoms with Crippen LogP contribution in [0.5, 0.6) is 0 Å². The van der Waals surface area contributed by atoms with Crippen LogP contribution in [0.3, 0.4) is 0 Å². The molecule has 0 aliphatic heterocycles. The lowest BCUT2D eigenvalue weighted by molar-refractivity contribution is 1.18. The Labute approximate surface area is 198 Å². The minimum Gasteiger partial charge on any atom is -0.0612 e. The zero-order valence-electron chi connectivity index (χ0n) is 18.9. The topological polar surface area (TPSA) is 0 Å². The zero-order valence-corrected chi connectivity index (χ0v) is 18.9. The summed E-state index contributed by atoms with van der Waals surface area (Å²) >= 11 is 0. The van der Waals surface area contributed by atoms with E-state index >= 15 is 0 Å². The predicted molar refractivity (Wildman–Crippen MR) is 145 cm³/mol. The third-order valence-corrected chi connectivity index (χ3v) is 7.00. The van der Waals surface area contributed by atoms with Gasteiger partial charge in [-0.1, -0.05) is 79.7 Å². The highest BCUT2D eigenvalue weighted by Crippen LogP contribution is 2.34. The molecule has 34 heavy (non-hydrogen) atoms. The Hall–Kier alpha value is -4.52. The van der Waals surface area contributed by atoms with Gasteiger partial charge in [0.25, 0.3) is 0 Å². The Balaban J connectivity index is 1.81. The molecule has 0 heterocycles. The molecule has 0 amide bonds. The molecule has 0 aliphatic rings. The molecule has 0 N–H and O–H groups in total. The minimum absolute atomic E-state index is 0.926. The Bertz CT molecular complexity index is 1810. The highest BCUT2D eigenvalue weighted by molar-refractivity contribution is 6.14. The fourth-order valence-electron chi connectivity index (χ4n) is 5.45. The van der Waals surface area contributed by atoms with Crippen LogP contribution < -0.4 is 0 Å². The molecule has 7 rings (SSSR count). The van der Waals surface area contributed by atoms with Crippen molar-refractivity contribution in [2.45, 2.75) is 13.3 Å². The number of benzene rings is 6. The van der Waals surface area contributed by atoms with Gasteiger partial charge < -0.3 is 0 Å². The summed E-state index contributed by atoms with van der Waals surface area (Å²) in [7, 11) is 0. The Morgan fingerprint density at radius 1 is 0.471 bits per heavy atom. The van der Waals surface area contributed by atoms with E-state index in [4.69, 9.17) is 0 Å². The van der Waals surface area contributed by atoms with E-state index in [1.54, 1.807) is 0 Å². The lowest BCUT2D eigenvalue weighted by atomic mass is 9.92. The molecule has 0 aliphatic carbocycles. The summed E-state index contributed by atoms with van der Waals surface area (Å²) in [4.78, 5) is 0. The Kier molecular flexibility index (Phi) is 4.05. The highest BCUT2D eigenvalue weighted by Gasteiger charge is 2.10. The van der Waals surface area contributed by atoms with E-state index in [0.717, 1.165) is 28.0 Å². The van der Waals surface area contributed by atoms with Crippen LogP contribution in [0.25, 0.3) is 64.6 Å². The summed E-state index contributed by atoms with van der Waals surface area (Å²) in [6.07, 6.45) is 0.926. The van der Waals surface area contributed by atoms with Crippen molar-refractivity contribution in [3.8, 4) is 0 Å². The monoisotopic (exact) mass is 428 g/mol. The van der Waals surface area contributed by atoms with Gasteiger partial charge in [-0.05, 0) is 86.8 Å². The molecule has 0 radical (unpaired) electrons. The van der Waals surface area contributed by atoms with Crippen LogP contribution in [0.4, 0.5) is 0 Å². The molecule has 0 atom stereocenters. The van der Waals surface area contributed by atoms with Crippen LogP contribution in [-0.2, 0) is 6.42 Å². The molecule has 0 unspecified atom stereocenters. The number of aryl methyl sites for hydroxylation is 1. The van der Waals surface area contributed by atoms with Crippen LogP contribution in [0.15, 0.2) is 91.0 Å². The molecule has 0 nitrogen and oxygen atoms in total. The van der Waals surface area contributed by atoms with Crippen LogP contribution in [-0.4, -0.2) is 0 Å². The lowest BCUT2D eigenvalue weighted by Crippen LogP contribution is -1.89. The van der Waals surface area contributed by atoms with E-state index in [2.05, 4.69) is 122 Å². The van der Waals surface area contributed by atoms with Crippen molar-refractivity contribution >= 4 is 64.6 Å². The number of rotatable bonds is 1. The molecule has 0 fully saturated rings. The normalized spacial score (nSPS) is 11.3. The second-order valence-corrected chi connectivity index (χ2v) is 8.92. The van der Waals surface area contributed by atoms with Gasteiger partial charge in [0.05, 0.1) is 0 Å². The van der Waals surface area contributed by atoms with Gasteiger partial charge >= 0.3 is 0 Å². The second-order valence-electron chi connectivity index (χ2n) is 8.92. The van der Waals surface area contributed by atoms with E-state index in [1.807, 2.05) is 0 Å². The highest BCUT2D eigenvalue weighted by atomic mass is 14.1. The van der Waals surface area contributed by atoms with Gasteiger partial charge in [0.15, 0.2) is 0 Å². The summed E-state index contributed by atoms with van der Waals surface area (Å²) < 4.78 is 0. The zero-order chi connectivity index (χ0) is 22.6. The fraction of sp³-hybridized carbons (Fsp3) is 0.0588. The Morgan fingerprint density at radius 3 is 1.38 bits per heavy atom. The standard InChI is InChI=1S/C34H20/c1-2-30-33-24-9-5-13-28(33)20-29-14-6-10-25(34(29)30)18-16-23-8-4-12-27-19-26-11-3-7-22(15-17-24)31(26)21-32(23)27/h3-14,19-21H,2H2,1H3. The van der Waals surface area contributed by atoms with Gasteiger partial charge in [-0.3, -0.25) is 0 Å². The van der Waals surface area contributed by atoms with Crippen molar-refractivity contribution in [3.63, 3.8) is 0 Å². The largest absolute Gasteiger partial charge is 0.0612 e. The average Bonchev–Trinajstić information content (AvgIpc) is 2.87. The molecule has 7 aromatic carbocycles. The van der Waals surface area contributed by atoms with Crippen molar-refractivity contribution < 1.29 is 0 Å². The quantitative estimate of drug-likeness (QED) is 0.229. The second kappa shape index (κ2) is 7.25. The van der Waals surface area contributed by atoms with Gasteiger partial charge in [0.1, 0.15) is 0 Å². The summed E-state index contributed by atoms with van der Waals surface area (Å²) in [5, 5.41) is 14.0. The van der Waals surface area contributed by atoms with Crippen molar-refractivity contribution in [2.75, 3.05) is 0 Å². The molecular formula is C34H20. The molecule has 7 aromatic rings. The first kappa shape index (κ1) is 19.0. The maximum Gasteiger partial charge on any atom is 0.0330 e. The van der Waals surface area contributed by atoms with Gasteiger partial charge in [-0.2, -0.15) is 0 Å². The SMILES string of the molecule is CCc1c2c3c#cc4cccc5cc6cccc(c#cc7cccc(cc2ccc3)c17)c6cc45. The molecule has 0 aromatic heterocycles. The maximum atomic E-state index is 3.55. The first-order chi connectivity index (χ1) is 16.8. The lowest BCUT2D eigenvalue weighted by Gasteiger charge is -2.11. The summed E-state index contributed by atoms with van der Waals surface area (Å²) in [6, 6.07) is 46.7. The van der Waals surface area contributed by atoms with Crippen molar-refractivity contribution in [1.29, 1.82) is 0 Å². The van der Waals surface area contributed by atoms with Gasteiger partial charge in [0.2, 0.25) is 0 Å². The average molecular weight is 429 g/mol. The van der Waals surface area contributed by atoms with Crippen molar-refractivity contribution in [2.24, 2.45) is 0 Å². The first-order valence-electron chi connectivity index (χ1n) is 11.8. The predicted octanol–water partition coefficient (Wildman–Crippen LogP) is 8.93. The van der Waals surface area contributed by atoms with Crippen LogP contribution >= 0.6 is 0 Å². The van der Waals surface area contributed by atoms with Gasteiger partial charge in [0, 0.05) is 32.3 Å². The van der Waals surface area contributed by atoms with E-state index in [-0.39, 0.29) is 0 Å². The van der Waals surface area contributed by atoms with E-state index < -0.39 is 0 Å². The number of hydrogen-bond donors (Lipinski definition) is 0. The van der Waals surface area contributed by atoms with Gasteiger partial charge in [-0.25, -0.2) is 0 Å². The van der Waals surface area contributed by atoms with Crippen molar-refractivity contribution in [1.82, 2.24) is 0 Å². The van der Waals surface area contributed by atoms with Crippen LogP contribution in [0.2, 0.25) is 0 Å². The summed E-state index contributed by atoms with van der Waals surface area (Å²) in [5.41, 5.74) is 1.33. The number of hydrogen-bond acceptors (Lipinski definition) is 0. The molecule has 0 saturated heterocycles. The third kappa shape index (κ3) is 2.76. The molecule has 0 saturated carbocycles. The summed E-state index contributed by atoms with van der Waals surface area (Å²) in [5.74, 6) is 0. The molecule has 0 spiro atoms. The Morgan fingerprint density at radius 2 is 0.882 bits per heavy atom. The van der Waals surface area contributed by atoms with Crippen LogP contribution in [0.1, 0.15) is 12.5 Å². The molecule has 4 bridgehead atoms. The fourth-order valence-corrected chi connectivity index (χ4v) is 5.45. The van der Waals surface area contributed by atoms with E-state index in [1.165, 1.54) is 48.7 Å². The van der Waals surface area contributed by atoms with Crippen LogP contribution in [0, 0.1) is 24.3 Å².